The van der Waals surface area contributed by atoms with Gasteiger partial charge in [0.15, 0.2) is 17.3 Å². The van der Waals surface area contributed by atoms with Crippen LogP contribution in [0, 0.1) is 16.2 Å². The number of allylic oxidation sites excluding steroid dienone is 45. The van der Waals surface area contributed by atoms with Crippen molar-refractivity contribution in [3.8, 4) is 0 Å². The van der Waals surface area contributed by atoms with Gasteiger partial charge in [0.05, 0.1) is 6.10 Å². The second-order valence-corrected chi connectivity index (χ2v) is 23.1. The normalized spacial score (nSPS) is 22.4. The lowest BCUT2D eigenvalue weighted by atomic mass is 9.72. The molecule has 0 fully saturated rings. The molecule has 0 saturated heterocycles. The molecule has 0 aromatic carbocycles. The van der Waals surface area contributed by atoms with E-state index in [2.05, 4.69) is 231 Å². The number of carbonyl (C=O) groups excluding carboxylic acids is 3. The largest absolute Gasteiger partial charge is 0.389 e. The van der Waals surface area contributed by atoms with Crippen molar-refractivity contribution in [2.75, 3.05) is 0 Å². The van der Waals surface area contributed by atoms with Crippen molar-refractivity contribution in [3.63, 3.8) is 0 Å². The molecule has 414 valence electrons. The number of ketones is 3. The fourth-order valence-electron chi connectivity index (χ4n) is 9.20. The van der Waals surface area contributed by atoms with Gasteiger partial charge in [-0.15, -0.1) is 0 Å². The van der Waals surface area contributed by atoms with Crippen LogP contribution in [0.5, 0.6) is 0 Å². The smallest absolute Gasteiger partial charge is 0.156 e. The maximum atomic E-state index is 11.9. The van der Waals surface area contributed by atoms with Crippen LogP contribution < -0.4 is 0 Å². The molecule has 0 amide bonds. The molecule has 3 aliphatic carbocycles. The second-order valence-electron chi connectivity index (χ2n) is 23.1. The van der Waals surface area contributed by atoms with Crippen molar-refractivity contribution in [1.29, 1.82) is 0 Å². The highest BCUT2D eigenvalue weighted by Gasteiger charge is 2.32. The number of carbonyl (C=O) groups is 3. The Bertz CT molecular complexity index is 2810. The quantitative estimate of drug-likeness (QED) is 0.103. The van der Waals surface area contributed by atoms with Gasteiger partial charge < -0.3 is 5.11 Å². The summed E-state index contributed by atoms with van der Waals surface area (Å²) >= 11 is 0. The average molecular weight is 1050 g/mol. The summed E-state index contributed by atoms with van der Waals surface area (Å²) in [6.45, 7) is 37.2. The van der Waals surface area contributed by atoms with Gasteiger partial charge in [0, 0.05) is 12.8 Å². The molecule has 3 rings (SSSR count). The summed E-state index contributed by atoms with van der Waals surface area (Å²) in [6.07, 6.45) is 66.6. The van der Waals surface area contributed by atoms with E-state index in [1.165, 1.54) is 39.0 Å². The molecule has 0 bridgehead atoms. The minimum atomic E-state index is -0.352. The zero-order valence-electron chi connectivity index (χ0n) is 50.8. The van der Waals surface area contributed by atoms with Gasteiger partial charge in [0.2, 0.25) is 0 Å². The second kappa shape index (κ2) is 33.3. The van der Waals surface area contributed by atoms with Gasteiger partial charge in [-0.25, -0.2) is 0 Å². The van der Waals surface area contributed by atoms with E-state index in [0.717, 1.165) is 45.4 Å². The summed E-state index contributed by atoms with van der Waals surface area (Å²) in [4.78, 5) is 34.7. The lowest BCUT2D eigenvalue weighted by Crippen LogP contribution is -2.26. The molecule has 4 heteroatoms. The summed E-state index contributed by atoms with van der Waals surface area (Å²) in [5.74, 6) is 0.469. The van der Waals surface area contributed by atoms with E-state index < -0.39 is 0 Å². The SMILES string of the molecule is CC(=O)\C=C/C=C(C)/C=C/C=C(C)/C=C/C=C/C(C)=C/C=C/C(C)=C/C=C1\C(C)=CC(O)CC1(C)C.CC1=CC(=O)CC(C)(C)/C1=C/C=C(C)/C=C/C=C(C)/C=C/C=C/C(C)=C/C=C/C(C)=C/C=C1\C(C)=CC(=O)CC1(C)C. The zero-order valence-corrected chi connectivity index (χ0v) is 50.8. The van der Waals surface area contributed by atoms with Crippen LogP contribution in [-0.2, 0) is 14.4 Å². The Labute approximate surface area is 473 Å². The van der Waals surface area contributed by atoms with E-state index >= 15 is 0 Å². The Kier molecular flexibility index (Phi) is 28.7. The van der Waals surface area contributed by atoms with Gasteiger partial charge >= 0.3 is 0 Å². The van der Waals surface area contributed by atoms with Gasteiger partial charge in [-0.1, -0.05) is 262 Å². The van der Waals surface area contributed by atoms with Crippen molar-refractivity contribution in [2.45, 2.75) is 150 Å². The molecule has 0 saturated carbocycles. The van der Waals surface area contributed by atoms with E-state index in [1.54, 1.807) is 31.2 Å². The molecule has 0 spiro atoms. The van der Waals surface area contributed by atoms with Crippen LogP contribution in [0.15, 0.2) is 272 Å². The summed E-state index contributed by atoms with van der Waals surface area (Å²) in [7, 11) is 0. The van der Waals surface area contributed by atoms with E-state index in [4.69, 9.17) is 0 Å². The van der Waals surface area contributed by atoms with E-state index in [1.807, 2.05) is 57.2 Å². The molecule has 0 aromatic rings. The first kappa shape index (κ1) is 67.1. The lowest BCUT2D eigenvalue weighted by molar-refractivity contribution is -0.117. The van der Waals surface area contributed by atoms with Gasteiger partial charge in [-0.2, -0.15) is 0 Å². The third-order valence-corrected chi connectivity index (χ3v) is 13.4. The van der Waals surface area contributed by atoms with E-state index in [-0.39, 0.29) is 39.7 Å². The molecule has 0 heterocycles. The molecule has 1 atom stereocenters. The summed E-state index contributed by atoms with van der Waals surface area (Å²) in [5.41, 5.74) is 16.0. The molecular formula is C74H94O4. The monoisotopic (exact) mass is 1050 g/mol. The van der Waals surface area contributed by atoms with Crippen LogP contribution in [-0.4, -0.2) is 28.6 Å². The standard InChI is InChI=1S/C40H50O2.C34H44O2/c1-29(17-13-19-31(3)21-23-37-33(5)25-35(41)27-39(37,7)8)15-11-12-16-30(2)18-14-20-32(4)22-24-38-34(6)26-36(42)28-40(38,9)10;1-26(16-11-18-28(3)20-13-21-31(6)35)14-9-10-15-27(2)17-12-19-29(4)22-23-33-30(5)24-32(36)25-34(33,7)8/h11-26H,27-28H2,1-10H3;9-24,32,36H,25H2,1-8H3/b15-11+,16-12+,19-13+,20-14+,29-17+,30-18+,31-21+,32-22+,37-23+,38-24+;14-9+,15-10+,18-11+,19-12+,21-13-,26-16+,27-17+,28-20+,29-22+,33-23+. The summed E-state index contributed by atoms with van der Waals surface area (Å²) in [5, 5.41) is 10.0. The predicted molar refractivity (Wildman–Crippen MR) is 340 cm³/mol. The average Bonchev–Trinajstić information content (AvgIpc) is 3.30. The molecule has 0 aliphatic heterocycles. The highest BCUT2D eigenvalue weighted by Crippen LogP contribution is 2.42. The van der Waals surface area contributed by atoms with Crippen LogP contribution in [0.1, 0.15) is 144 Å². The van der Waals surface area contributed by atoms with Gasteiger partial charge in [0.25, 0.3) is 0 Å². The van der Waals surface area contributed by atoms with E-state index in [9.17, 15) is 19.5 Å². The van der Waals surface area contributed by atoms with Crippen molar-refractivity contribution < 1.29 is 19.5 Å². The molecule has 3 aliphatic rings. The summed E-state index contributed by atoms with van der Waals surface area (Å²) < 4.78 is 0. The highest BCUT2D eigenvalue weighted by atomic mass is 16.3. The highest BCUT2D eigenvalue weighted by molar-refractivity contribution is 5.94. The minimum absolute atomic E-state index is 0.0259. The number of hydrogen-bond donors (Lipinski definition) is 1. The first-order valence-corrected chi connectivity index (χ1v) is 27.4. The predicted octanol–water partition coefficient (Wildman–Crippen LogP) is 19.5. The maximum absolute atomic E-state index is 11.9. The first-order valence-electron chi connectivity index (χ1n) is 27.4. The van der Waals surface area contributed by atoms with Gasteiger partial charge in [-0.3, -0.25) is 14.4 Å². The zero-order chi connectivity index (χ0) is 58.6. The number of rotatable bonds is 19. The number of aliphatic hydroxyl groups excluding tert-OH is 1. The molecule has 78 heavy (non-hydrogen) atoms. The van der Waals surface area contributed by atoms with Crippen LogP contribution in [0.2, 0.25) is 0 Å². The fourth-order valence-corrected chi connectivity index (χ4v) is 9.20. The molecule has 0 aromatic heterocycles. The third-order valence-electron chi connectivity index (χ3n) is 13.4. The Hall–Kier alpha value is -7.01. The molecule has 1 unspecified atom stereocenters. The minimum Gasteiger partial charge on any atom is -0.389 e. The third kappa shape index (κ3) is 26.8. The number of hydrogen-bond acceptors (Lipinski definition) is 4. The van der Waals surface area contributed by atoms with Crippen molar-refractivity contribution in [1.82, 2.24) is 0 Å². The van der Waals surface area contributed by atoms with Crippen LogP contribution >= 0.6 is 0 Å². The molecule has 0 radical (unpaired) electrons. The van der Waals surface area contributed by atoms with Crippen molar-refractivity contribution in [3.05, 3.63) is 272 Å². The Morgan fingerprint density at radius 1 is 0.397 bits per heavy atom. The van der Waals surface area contributed by atoms with Crippen LogP contribution in [0.3, 0.4) is 0 Å². The molecule has 1 N–H and O–H groups in total. The van der Waals surface area contributed by atoms with Gasteiger partial charge in [-0.05, 0) is 157 Å². The topological polar surface area (TPSA) is 71.4 Å². The molecular weight excluding hydrogens is 953 g/mol. The van der Waals surface area contributed by atoms with Crippen molar-refractivity contribution in [2.24, 2.45) is 16.2 Å². The lowest BCUT2D eigenvalue weighted by Gasteiger charge is -2.34. The van der Waals surface area contributed by atoms with Crippen LogP contribution in [0.4, 0.5) is 0 Å². The van der Waals surface area contributed by atoms with Gasteiger partial charge in [0.1, 0.15) is 0 Å². The van der Waals surface area contributed by atoms with E-state index in [0.29, 0.717) is 12.8 Å². The van der Waals surface area contributed by atoms with Crippen molar-refractivity contribution >= 4 is 17.3 Å². The van der Waals surface area contributed by atoms with Crippen LogP contribution in [0.25, 0.3) is 0 Å². The first-order chi connectivity index (χ1) is 36.5. The Morgan fingerprint density at radius 3 is 0.923 bits per heavy atom. The fraction of sp³-hybridized carbons (Fsp3) is 0.338. The summed E-state index contributed by atoms with van der Waals surface area (Å²) in [6, 6.07) is 0. The Morgan fingerprint density at radius 2 is 0.654 bits per heavy atom. The molecule has 4 nitrogen and oxygen atoms in total. The Balaban J connectivity index is 0.000000540. The maximum Gasteiger partial charge on any atom is 0.156 e. The number of aliphatic hydroxyl groups is 1.